The Hall–Kier alpha value is -3.48. The number of carbonyl (C=O) groups is 1. The van der Waals surface area contributed by atoms with Crippen molar-refractivity contribution in [2.45, 2.75) is 46.3 Å². The number of nitrogens with zero attached hydrogens (tertiary/aromatic N) is 1. The van der Waals surface area contributed by atoms with Gasteiger partial charge in [0.2, 0.25) is 5.91 Å². The van der Waals surface area contributed by atoms with Gasteiger partial charge in [0.1, 0.15) is 11.5 Å². The molecular weight excluding hydrogens is 441 g/mol. The van der Waals surface area contributed by atoms with Crippen molar-refractivity contribution in [3.05, 3.63) is 94.2 Å². The van der Waals surface area contributed by atoms with Crippen LogP contribution in [0.1, 0.15) is 43.9 Å². The maximum Gasteiger partial charge on any atom is 0.416 e. The van der Waals surface area contributed by atoms with E-state index in [-0.39, 0.29) is 0 Å². The minimum Gasteiger partial charge on any atom is -0.457 e. The van der Waals surface area contributed by atoms with Crippen molar-refractivity contribution in [1.29, 1.82) is 0 Å². The normalized spacial score (nSPS) is 15.2. The topological polar surface area (TPSA) is 55.6 Å². The lowest BCUT2D eigenvalue weighted by Crippen LogP contribution is -2.28. The van der Waals surface area contributed by atoms with Crippen LogP contribution in [0.3, 0.4) is 0 Å². The zero-order valence-electron chi connectivity index (χ0n) is 19.6. The molecule has 180 valence electrons. The van der Waals surface area contributed by atoms with Crippen LogP contribution in [-0.2, 0) is 23.9 Å². The number of nitrogens with two attached hydrogens (primary N) is 1. The van der Waals surface area contributed by atoms with Crippen LogP contribution in [0.5, 0.6) is 11.5 Å². The molecule has 4 nitrogen and oxygen atoms in total. The van der Waals surface area contributed by atoms with E-state index in [4.69, 9.17) is 10.5 Å². The molecule has 2 N–H and O–H groups in total. The van der Waals surface area contributed by atoms with E-state index in [1.165, 1.54) is 17.7 Å². The second kappa shape index (κ2) is 10.6. The van der Waals surface area contributed by atoms with Gasteiger partial charge in [-0.1, -0.05) is 24.6 Å². The van der Waals surface area contributed by atoms with E-state index in [0.29, 0.717) is 23.6 Å². The maximum atomic E-state index is 12.8. The van der Waals surface area contributed by atoms with Crippen LogP contribution in [0.15, 0.2) is 77.5 Å². The van der Waals surface area contributed by atoms with Crippen LogP contribution in [0.25, 0.3) is 0 Å². The molecule has 0 radical (unpaired) electrons. The van der Waals surface area contributed by atoms with E-state index >= 15 is 0 Å². The summed E-state index contributed by atoms with van der Waals surface area (Å²) in [5.41, 5.74) is 9.62. The summed E-state index contributed by atoms with van der Waals surface area (Å²) in [5.74, 6) is 0.491. The molecule has 1 heterocycles. The van der Waals surface area contributed by atoms with Gasteiger partial charge in [-0.15, -0.1) is 0 Å². The van der Waals surface area contributed by atoms with Gasteiger partial charge in [0.25, 0.3) is 0 Å². The molecule has 2 aromatic carbocycles. The predicted octanol–water partition coefficient (Wildman–Crippen LogP) is 6.53. The van der Waals surface area contributed by atoms with Crippen molar-refractivity contribution in [3.8, 4) is 11.5 Å². The average molecular weight is 471 g/mol. The zero-order chi connectivity index (χ0) is 24.9. The van der Waals surface area contributed by atoms with Crippen molar-refractivity contribution >= 4 is 5.91 Å². The SMILES string of the molecule is CC/C(C)=C(/C=C\C=C(/C)N1CCc2ccc(Oc3ccc(C(F)(F)F)cc3)cc2C1)C(N)=O. The van der Waals surface area contributed by atoms with Gasteiger partial charge in [0, 0.05) is 24.4 Å². The summed E-state index contributed by atoms with van der Waals surface area (Å²) in [6, 6.07) is 10.4. The number of ether oxygens (including phenoxy) is 1. The van der Waals surface area contributed by atoms with Crippen LogP contribution >= 0.6 is 0 Å². The molecule has 2 aromatic rings. The smallest absolute Gasteiger partial charge is 0.416 e. The highest BCUT2D eigenvalue weighted by Gasteiger charge is 2.30. The molecule has 0 unspecified atom stereocenters. The first-order valence-electron chi connectivity index (χ1n) is 11.1. The maximum absolute atomic E-state index is 12.8. The quantitative estimate of drug-likeness (QED) is 0.370. The van der Waals surface area contributed by atoms with Crippen molar-refractivity contribution < 1.29 is 22.7 Å². The number of carbonyl (C=O) groups excluding carboxylic acids is 1. The van der Waals surface area contributed by atoms with Crippen LogP contribution in [-0.4, -0.2) is 17.4 Å². The molecule has 0 fully saturated rings. The van der Waals surface area contributed by atoms with E-state index in [0.717, 1.165) is 48.4 Å². The molecule has 0 spiro atoms. The Kier molecular flexibility index (Phi) is 7.87. The highest BCUT2D eigenvalue weighted by Crippen LogP contribution is 2.32. The van der Waals surface area contributed by atoms with E-state index in [9.17, 15) is 18.0 Å². The Morgan fingerprint density at radius 2 is 1.76 bits per heavy atom. The highest BCUT2D eigenvalue weighted by atomic mass is 19.4. The monoisotopic (exact) mass is 470 g/mol. The summed E-state index contributed by atoms with van der Waals surface area (Å²) in [4.78, 5) is 13.9. The van der Waals surface area contributed by atoms with E-state index in [2.05, 4.69) is 4.90 Å². The van der Waals surface area contributed by atoms with Crippen molar-refractivity contribution in [2.24, 2.45) is 5.73 Å². The number of alkyl halides is 3. The second-order valence-electron chi connectivity index (χ2n) is 8.31. The molecule has 0 aromatic heterocycles. The lowest BCUT2D eigenvalue weighted by atomic mass is 9.99. The number of hydrogen-bond acceptors (Lipinski definition) is 3. The molecule has 0 aliphatic carbocycles. The molecule has 1 aliphatic rings. The molecule has 0 bridgehead atoms. The number of amides is 1. The van der Waals surface area contributed by atoms with Gasteiger partial charge in [-0.2, -0.15) is 13.2 Å². The van der Waals surface area contributed by atoms with E-state index in [1.807, 2.05) is 51.1 Å². The number of allylic oxidation sites excluding steroid dienone is 4. The Labute approximate surface area is 198 Å². The summed E-state index contributed by atoms with van der Waals surface area (Å²) in [5, 5.41) is 0. The first kappa shape index (κ1) is 25.1. The van der Waals surface area contributed by atoms with E-state index < -0.39 is 17.6 Å². The first-order valence-corrected chi connectivity index (χ1v) is 11.1. The van der Waals surface area contributed by atoms with Gasteiger partial charge in [-0.25, -0.2) is 0 Å². The third-order valence-electron chi connectivity index (χ3n) is 5.96. The van der Waals surface area contributed by atoms with Crippen LogP contribution in [0, 0.1) is 0 Å². The minimum atomic E-state index is -4.37. The lowest BCUT2D eigenvalue weighted by molar-refractivity contribution is -0.137. The summed E-state index contributed by atoms with van der Waals surface area (Å²) < 4.78 is 44.1. The molecule has 7 heteroatoms. The van der Waals surface area contributed by atoms with Crippen LogP contribution in [0.4, 0.5) is 13.2 Å². The second-order valence-corrected chi connectivity index (χ2v) is 8.31. The zero-order valence-corrected chi connectivity index (χ0v) is 19.6. The van der Waals surface area contributed by atoms with Crippen molar-refractivity contribution in [1.82, 2.24) is 4.90 Å². The molecule has 0 atom stereocenters. The number of benzene rings is 2. The van der Waals surface area contributed by atoms with Gasteiger partial charge in [0.05, 0.1) is 5.56 Å². The minimum absolute atomic E-state index is 0.350. The Morgan fingerprint density at radius 3 is 2.38 bits per heavy atom. The van der Waals surface area contributed by atoms with Crippen LogP contribution < -0.4 is 10.5 Å². The Balaban J connectivity index is 1.71. The number of hydrogen-bond donors (Lipinski definition) is 1. The number of rotatable bonds is 7. The molecule has 0 saturated carbocycles. The predicted molar refractivity (Wildman–Crippen MR) is 127 cm³/mol. The summed E-state index contributed by atoms with van der Waals surface area (Å²) in [6.07, 6.45) is 2.80. The third kappa shape index (κ3) is 6.31. The molecule has 0 saturated heterocycles. The fraction of sp³-hybridized carbons (Fsp3) is 0.296. The number of primary amides is 1. The fourth-order valence-corrected chi connectivity index (χ4v) is 3.76. The van der Waals surface area contributed by atoms with Gasteiger partial charge < -0.3 is 15.4 Å². The summed E-state index contributed by atoms with van der Waals surface area (Å²) in [6.45, 7) is 7.43. The number of halogens is 3. The average Bonchev–Trinajstić information content (AvgIpc) is 2.80. The molecular formula is C27H29F3N2O2. The molecule has 1 amide bonds. The Morgan fingerprint density at radius 1 is 1.09 bits per heavy atom. The lowest BCUT2D eigenvalue weighted by Gasteiger charge is -2.31. The van der Waals surface area contributed by atoms with Gasteiger partial charge in [0.15, 0.2) is 0 Å². The molecule has 3 rings (SSSR count). The first-order chi connectivity index (χ1) is 16.1. The summed E-state index contributed by atoms with van der Waals surface area (Å²) >= 11 is 0. The van der Waals surface area contributed by atoms with Crippen molar-refractivity contribution in [2.75, 3.05) is 6.54 Å². The fourth-order valence-electron chi connectivity index (χ4n) is 3.76. The largest absolute Gasteiger partial charge is 0.457 e. The molecule has 34 heavy (non-hydrogen) atoms. The molecule has 1 aliphatic heterocycles. The van der Waals surface area contributed by atoms with Gasteiger partial charge >= 0.3 is 6.18 Å². The van der Waals surface area contributed by atoms with Crippen LogP contribution in [0.2, 0.25) is 0 Å². The summed E-state index contributed by atoms with van der Waals surface area (Å²) in [7, 11) is 0. The number of fused-ring (bicyclic) bond motifs is 1. The Bertz CT molecular complexity index is 1130. The van der Waals surface area contributed by atoms with Crippen molar-refractivity contribution in [3.63, 3.8) is 0 Å². The highest BCUT2D eigenvalue weighted by molar-refractivity contribution is 5.95. The third-order valence-corrected chi connectivity index (χ3v) is 5.96. The standard InChI is InChI=1S/C27H29F3N2O2/c1-4-18(2)25(26(31)33)7-5-6-19(3)32-15-14-20-8-11-24(16-21(20)17-32)34-23-12-9-22(10-13-23)27(28,29)30/h5-13,16H,4,14-15,17H2,1-3H3,(H2,31,33)/b7-5-,19-6+,25-18-. The van der Waals surface area contributed by atoms with E-state index in [1.54, 1.807) is 6.08 Å². The van der Waals surface area contributed by atoms with Gasteiger partial charge in [-0.3, -0.25) is 4.79 Å². The van der Waals surface area contributed by atoms with Gasteiger partial charge in [-0.05, 0) is 86.4 Å².